The van der Waals surface area contributed by atoms with Gasteiger partial charge in [0, 0.05) is 37.0 Å². The summed E-state index contributed by atoms with van der Waals surface area (Å²) in [6.07, 6.45) is 7.70. The molecule has 156 valence electrons. The van der Waals surface area contributed by atoms with E-state index in [9.17, 15) is 4.79 Å². The molecular formula is C25H29N3OS. The number of fused-ring (bicyclic) bond motifs is 2. The van der Waals surface area contributed by atoms with Crippen molar-refractivity contribution in [2.75, 3.05) is 31.9 Å². The first kappa shape index (κ1) is 20.9. The van der Waals surface area contributed by atoms with Crippen LogP contribution in [0.5, 0.6) is 0 Å². The zero-order valence-corrected chi connectivity index (χ0v) is 18.2. The second-order valence-electron chi connectivity index (χ2n) is 8.14. The lowest BCUT2D eigenvalue weighted by Gasteiger charge is -2.48. The van der Waals surface area contributed by atoms with E-state index < -0.39 is 0 Å². The van der Waals surface area contributed by atoms with Gasteiger partial charge in [-0.1, -0.05) is 36.4 Å². The first-order chi connectivity index (χ1) is 14.7. The van der Waals surface area contributed by atoms with Gasteiger partial charge in [0.1, 0.15) is 5.03 Å². The molecular weight excluding hydrogens is 390 g/mol. The number of carbonyl (C=O) groups excluding carboxylic acids is 1. The smallest absolute Gasteiger partial charge is 0.256 e. The lowest BCUT2D eigenvalue weighted by atomic mass is 9.68. The molecule has 1 aromatic heterocycles. The van der Waals surface area contributed by atoms with Crippen LogP contribution in [0.1, 0.15) is 34.3 Å². The Labute approximate surface area is 183 Å². The molecule has 5 heteroatoms. The van der Waals surface area contributed by atoms with Gasteiger partial charge in [0.05, 0.1) is 5.56 Å². The van der Waals surface area contributed by atoms with Crippen molar-refractivity contribution < 1.29 is 4.79 Å². The lowest BCUT2D eigenvalue weighted by Crippen LogP contribution is -2.53. The normalized spacial score (nSPS) is 18.1. The zero-order valence-electron chi connectivity index (χ0n) is 17.4. The van der Waals surface area contributed by atoms with E-state index in [0.29, 0.717) is 12.1 Å². The van der Waals surface area contributed by atoms with Crippen molar-refractivity contribution in [2.45, 2.75) is 29.8 Å². The molecule has 0 atom stereocenters. The monoisotopic (exact) mass is 419 g/mol. The summed E-state index contributed by atoms with van der Waals surface area (Å²) in [6.45, 7) is 12.1. The van der Waals surface area contributed by atoms with Gasteiger partial charge < -0.3 is 4.90 Å². The fourth-order valence-corrected chi connectivity index (χ4v) is 5.50. The van der Waals surface area contributed by atoms with Crippen molar-refractivity contribution in [1.29, 1.82) is 0 Å². The third-order valence-electron chi connectivity index (χ3n) is 6.27. The number of likely N-dealkylation sites (tertiary alicyclic amines) is 1. The van der Waals surface area contributed by atoms with E-state index in [1.807, 2.05) is 29.2 Å². The van der Waals surface area contributed by atoms with Gasteiger partial charge in [0.15, 0.2) is 0 Å². The average Bonchev–Trinajstić information content (AvgIpc) is 2.79. The molecule has 1 saturated heterocycles. The molecule has 0 N–H and O–H groups in total. The number of aromatic nitrogens is 1. The first-order valence-electron chi connectivity index (χ1n) is 10.6. The van der Waals surface area contributed by atoms with Crippen molar-refractivity contribution in [3.8, 4) is 0 Å². The van der Waals surface area contributed by atoms with E-state index in [1.165, 1.54) is 11.1 Å². The summed E-state index contributed by atoms with van der Waals surface area (Å²) in [7, 11) is 0. The number of amides is 1. The van der Waals surface area contributed by atoms with Crippen LogP contribution in [0.2, 0.25) is 0 Å². The maximum absolute atomic E-state index is 13.6. The van der Waals surface area contributed by atoms with E-state index in [4.69, 9.17) is 0 Å². The minimum atomic E-state index is 0.0266. The van der Waals surface area contributed by atoms with Crippen LogP contribution in [0.4, 0.5) is 0 Å². The number of nitrogens with zero attached hydrogens (tertiary/aromatic N) is 3. The van der Waals surface area contributed by atoms with Gasteiger partial charge in [-0.15, -0.1) is 24.9 Å². The van der Waals surface area contributed by atoms with Crippen LogP contribution in [0.15, 0.2) is 72.9 Å². The van der Waals surface area contributed by atoms with Gasteiger partial charge in [-0.3, -0.25) is 9.69 Å². The van der Waals surface area contributed by atoms with Crippen molar-refractivity contribution >= 4 is 17.7 Å². The SMILES string of the molecule is C=CCSc1ncccc1C(=O)N1Cc2ccccc2C2(CCN(CC=C)CC2)C1. The largest absolute Gasteiger partial charge is 0.333 e. The van der Waals surface area contributed by atoms with Gasteiger partial charge in [-0.05, 0) is 49.2 Å². The number of carbonyl (C=O) groups is 1. The molecule has 0 aliphatic carbocycles. The zero-order chi connectivity index (χ0) is 21.0. The molecule has 2 aliphatic rings. The highest BCUT2D eigenvalue weighted by molar-refractivity contribution is 7.99. The van der Waals surface area contributed by atoms with Gasteiger partial charge >= 0.3 is 0 Å². The van der Waals surface area contributed by atoms with Gasteiger partial charge in [-0.2, -0.15) is 0 Å². The van der Waals surface area contributed by atoms with Crippen LogP contribution >= 0.6 is 11.8 Å². The van der Waals surface area contributed by atoms with Gasteiger partial charge in [0.25, 0.3) is 5.91 Å². The number of thioether (sulfide) groups is 1. The standard InChI is InChI=1S/C25H29N3OS/c1-3-14-27-15-11-25(12-16-27)19-28(18-20-8-5-6-10-22(20)25)24(29)21-9-7-13-26-23(21)30-17-4-2/h3-10,13H,1-2,11-12,14-19H2. The molecule has 1 aromatic carbocycles. The Kier molecular flexibility index (Phi) is 6.40. The summed E-state index contributed by atoms with van der Waals surface area (Å²) in [6, 6.07) is 12.4. The van der Waals surface area contributed by atoms with Crippen molar-refractivity contribution in [3.63, 3.8) is 0 Å². The van der Waals surface area contributed by atoms with E-state index in [2.05, 4.69) is 47.3 Å². The number of piperidine rings is 1. The van der Waals surface area contributed by atoms with Crippen molar-refractivity contribution in [2.24, 2.45) is 0 Å². The summed E-state index contributed by atoms with van der Waals surface area (Å²) < 4.78 is 0. The molecule has 1 spiro atoms. The van der Waals surface area contributed by atoms with Gasteiger partial charge in [0.2, 0.25) is 0 Å². The highest BCUT2D eigenvalue weighted by Gasteiger charge is 2.43. The summed E-state index contributed by atoms with van der Waals surface area (Å²) >= 11 is 1.57. The van der Waals surface area contributed by atoms with E-state index >= 15 is 0 Å². The summed E-state index contributed by atoms with van der Waals surface area (Å²) in [4.78, 5) is 22.6. The van der Waals surface area contributed by atoms with Crippen LogP contribution < -0.4 is 0 Å². The lowest BCUT2D eigenvalue weighted by molar-refractivity contribution is 0.0585. The second-order valence-corrected chi connectivity index (χ2v) is 9.15. The topological polar surface area (TPSA) is 36.4 Å². The van der Waals surface area contributed by atoms with Crippen molar-refractivity contribution in [3.05, 3.63) is 84.6 Å². The van der Waals surface area contributed by atoms with Gasteiger partial charge in [-0.25, -0.2) is 4.98 Å². The highest BCUT2D eigenvalue weighted by Crippen LogP contribution is 2.42. The Morgan fingerprint density at radius 2 is 1.93 bits per heavy atom. The third kappa shape index (κ3) is 4.09. The summed E-state index contributed by atoms with van der Waals surface area (Å²) in [5.41, 5.74) is 3.43. The van der Waals surface area contributed by atoms with Crippen LogP contribution in [-0.2, 0) is 12.0 Å². The fourth-order valence-electron chi connectivity index (χ4n) is 4.78. The summed E-state index contributed by atoms with van der Waals surface area (Å²) in [5.74, 6) is 0.820. The average molecular weight is 420 g/mol. The fraction of sp³-hybridized carbons (Fsp3) is 0.360. The van der Waals surface area contributed by atoms with Crippen LogP contribution in [-0.4, -0.2) is 52.6 Å². The van der Waals surface area contributed by atoms with Crippen LogP contribution in [0, 0.1) is 0 Å². The minimum Gasteiger partial charge on any atom is -0.333 e. The molecule has 4 nitrogen and oxygen atoms in total. The molecule has 2 aromatic rings. The number of hydrogen-bond acceptors (Lipinski definition) is 4. The maximum atomic E-state index is 13.6. The highest BCUT2D eigenvalue weighted by atomic mass is 32.2. The van der Waals surface area contributed by atoms with Crippen LogP contribution in [0.3, 0.4) is 0 Å². The van der Waals surface area contributed by atoms with Crippen LogP contribution in [0.25, 0.3) is 0 Å². The number of hydrogen-bond donors (Lipinski definition) is 0. The quantitative estimate of drug-likeness (QED) is 0.509. The number of benzene rings is 1. The molecule has 3 heterocycles. The second kappa shape index (κ2) is 9.19. The summed E-state index contributed by atoms with van der Waals surface area (Å²) in [5, 5.41) is 0.788. The Morgan fingerprint density at radius 1 is 1.13 bits per heavy atom. The number of pyridine rings is 1. The molecule has 0 radical (unpaired) electrons. The molecule has 0 saturated carbocycles. The molecule has 4 rings (SSSR count). The molecule has 2 aliphatic heterocycles. The molecule has 30 heavy (non-hydrogen) atoms. The van der Waals surface area contributed by atoms with E-state index in [1.54, 1.807) is 18.0 Å². The van der Waals surface area contributed by atoms with Crippen molar-refractivity contribution in [1.82, 2.24) is 14.8 Å². The predicted molar refractivity (Wildman–Crippen MR) is 124 cm³/mol. The molecule has 0 bridgehead atoms. The third-order valence-corrected chi connectivity index (χ3v) is 7.27. The Morgan fingerprint density at radius 3 is 2.70 bits per heavy atom. The minimum absolute atomic E-state index is 0.0266. The first-order valence-corrected chi connectivity index (χ1v) is 11.5. The molecule has 1 amide bonds. The Bertz CT molecular complexity index is 933. The number of rotatable bonds is 6. The molecule has 1 fully saturated rings. The molecule has 0 unspecified atom stereocenters. The van der Waals surface area contributed by atoms with E-state index in [-0.39, 0.29) is 11.3 Å². The Hall–Kier alpha value is -2.37. The van der Waals surface area contributed by atoms with E-state index in [0.717, 1.165) is 49.8 Å². The predicted octanol–water partition coefficient (Wildman–Crippen LogP) is 4.54. The maximum Gasteiger partial charge on any atom is 0.256 e. The Balaban J connectivity index is 1.63.